The van der Waals surface area contributed by atoms with Gasteiger partial charge in [0.2, 0.25) is 17.7 Å². The van der Waals surface area contributed by atoms with Gasteiger partial charge in [-0.1, -0.05) is 51.5 Å². The number of unbranched alkanes of at least 4 members (excludes halogenated alkanes) is 2. The Hall–Kier alpha value is -3.56. The lowest BCUT2D eigenvalue weighted by Crippen LogP contribution is -2.57. The molecule has 15 heteroatoms. The number of thiazole rings is 1. The van der Waals surface area contributed by atoms with E-state index >= 15 is 0 Å². The summed E-state index contributed by atoms with van der Waals surface area (Å²) in [5.74, 6) is -3.64. The lowest BCUT2D eigenvalue weighted by atomic mass is 9.85. The summed E-state index contributed by atoms with van der Waals surface area (Å²) < 4.78 is 31.7. The molecule has 6 N–H and O–H groups in total. The fourth-order valence-electron chi connectivity index (χ4n) is 4.86. The quantitative estimate of drug-likeness (QED) is 0.223. The molecule has 4 atom stereocenters. The van der Waals surface area contributed by atoms with Crippen LogP contribution >= 0.6 is 11.3 Å². The summed E-state index contributed by atoms with van der Waals surface area (Å²) in [5, 5.41) is 23.5. The SMILES string of the molecule is Cc1ncsc1-c1ccc(C(C)NC(=O)C2CC(O)CN2C(=O)C(NC(=O)CCCCCN)C(C)(C)C)cc1.O=C(O)C(F)(F)F. The topological polar surface area (TPSA) is 175 Å². The van der Waals surface area contributed by atoms with Crippen LogP contribution in [-0.4, -0.2) is 81.2 Å². The molecule has 0 radical (unpaired) electrons. The van der Waals surface area contributed by atoms with Crippen LogP contribution in [0.15, 0.2) is 29.8 Å². The summed E-state index contributed by atoms with van der Waals surface area (Å²) in [7, 11) is 0. The van der Waals surface area contributed by atoms with E-state index in [9.17, 15) is 32.7 Å². The van der Waals surface area contributed by atoms with E-state index in [2.05, 4.69) is 15.6 Å². The number of carbonyl (C=O) groups excluding carboxylic acids is 3. The number of nitrogens with two attached hydrogens (primary N) is 1. The zero-order valence-corrected chi connectivity index (χ0v) is 27.5. The smallest absolute Gasteiger partial charge is 0.475 e. The summed E-state index contributed by atoms with van der Waals surface area (Å²) in [6.45, 7) is 10.1. The van der Waals surface area contributed by atoms with Gasteiger partial charge in [0.1, 0.15) is 12.1 Å². The number of halogens is 3. The van der Waals surface area contributed by atoms with E-state index in [0.29, 0.717) is 19.4 Å². The van der Waals surface area contributed by atoms with Crippen LogP contribution in [0.1, 0.15) is 77.1 Å². The highest BCUT2D eigenvalue weighted by atomic mass is 32.1. The molecule has 2 heterocycles. The third-order valence-corrected chi connectivity index (χ3v) is 8.39. The molecule has 1 saturated heterocycles. The number of aliphatic hydroxyl groups is 1. The number of carboxylic acids is 1. The summed E-state index contributed by atoms with van der Waals surface area (Å²) in [6, 6.07) is 6.05. The summed E-state index contributed by atoms with van der Waals surface area (Å²) >= 11 is 1.59. The van der Waals surface area contributed by atoms with Gasteiger partial charge in [-0.05, 0) is 49.8 Å². The average Bonchev–Trinajstić information content (AvgIpc) is 3.58. The number of hydrogen-bond acceptors (Lipinski definition) is 8. The number of rotatable bonds is 11. The van der Waals surface area contributed by atoms with Crippen molar-refractivity contribution in [2.75, 3.05) is 13.1 Å². The van der Waals surface area contributed by atoms with Crippen LogP contribution in [-0.2, 0) is 19.2 Å². The molecule has 46 heavy (non-hydrogen) atoms. The first-order valence-electron chi connectivity index (χ1n) is 15.0. The number of benzene rings is 1. The number of β-amino-alcohol motifs (C(OH)–C–C–N with tert-alkyl or cyclic N) is 1. The summed E-state index contributed by atoms with van der Waals surface area (Å²) in [4.78, 5) is 55.4. The minimum atomic E-state index is -5.08. The molecule has 1 aliphatic rings. The van der Waals surface area contributed by atoms with Crippen molar-refractivity contribution in [1.82, 2.24) is 20.5 Å². The Labute approximate surface area is 270 Å². The Bertz CT molecular complexity index is 1330. The third-order valence-electron chi connectivity index (χ3n) is 7.41. The highest BCUT2D eigenvalue weighted by Crippen LogP contribution is 2.29. The molecule has 3 amide bonds. The van der Waals surface area contributed by atoms with Crippen LogP contribution in [0.5, 0.6) is 0 Å². The number of amides is 3. The molecule has 1 aromatic carbocycles. The molecule has 4 unspecified atom stereocenters. The highest BCUT2D eigenvalue weighted by Gasteiger charge is 2.44. The van der Waals surface area contributed by atoms with Gasteiger partial charge in [0.05, 0.1) is 28.2 Å². The van der Waals surface area contributed by atoms with Gasteiger partial charge >= 0.3 is 12.1 Å². The van der Waals surface area contributed by atoms with E-state index in [0.717, 1.165) is 34.5 Å². The second-order valence-electron chi connectivity index (χ2n) is 12.3. The average molecular weight is 672 g/mol. The van der Waals surface area contributed by atoms with Gasteiger partial charge in [-0.15, -0.1) is 11.3 Å². The maximum atomic E-state index is 13.7. The molecular weight excluding hydrogens is 627 g/mol. The van der Waals surface area contributed by atoms with Crippen LogP contribution < -0.4 is 16.4 Å². The molecule has 0 aliphatic carbocycles. The second kappa shape index (κ2) is 16.8. The number of carboxylic acid groups (broad SMARTS) is 1. The van der Waals surface area contributed by atoms with Crippen LogP contribution in [0.2, 0.25) is 0 Å². The highest BCUT2D eigenvalue weighted by molar-refractivity contribution is 7.13. The van der Waals surface area contributed by atoms with Crippen molar-refractivity contribution in [3.05, 3.63) is 41.0 Å². The van der Waals surface area contributed by atoms with Gasteiger partial charge in [0, 0.05) is 19.4 Å². The molecule has 0 saturated carbocycles. The van der Waals surface area contributed by atoms with E-state index in [-0.39, 0.29) is 36.7 Å². The number of likely N-dealkylation sites (tertiary alicyclic amines) is 1. The van der Waals surface area contributed by atoms with E-state index in [4.69, 9.17) is 15.6 Å². The number of carbonyl (C=O) groups is 4. The summed E-state index contributed by atoms with van der Waals surface area (Å²) in [6.07, 6.45) is -3.03. The Morgan fingerprint density at radius 2 is 1.70 bits per heavy atom. The van der Waals surface area contributed by atoms with Crippen molar-refractivity contribution in [3.8, 4) is 10.4 Å². The molecule has 3 rings (SSSR count). The number of nitrogens with one attached hydrogen (secondary N) is 2. The molecule has 0 spiro atoms. The van der Waals surface area contributed by atoms with Gasteiger partial charge in [0.25, 0.3) is 0 Å². The maximum Gasteiger partial charge on any atom is 0.490 e. The molecule has 11 nitrogen and oxygen atoms in total. The van der Waals surface area contributed by atoms with E-state index in [1.807, 2.05) is 64.4 Å². The van der Waals surface area contributed by atoms with Crippen LogP contribution in [0.25, 0.3) is 10.4 Å². The van der Waals surface area contributed by atoms with Crippen molar-refractivity contribution in [2.24, 2.45) is 11.1 Å². The van der Waals surface area contributed by atoms with E-state index in [1.54, 1.807) is 11.3 Å². The number of aliphatic carboxylic acids is 1. The fraction of sp³-hybridized carbons (Fsp3) is 0.581. The Morgan fingerprint density at radius 1 is 1.09 bits per heavy atom. The maximum absolute atomic E-state index is 13.7. The largest absolute Gasteiger partial charge is 0.490 e. The Morgan fingerprint density at radius 3 is 2.20 bits per heavy atom. The standard InChI is InChI=1S/C29H43N5O4S.C2HF3O2/c1-18(20-10-12-21(13-11-20)25-19(2)31-17-39-25)32-27(37)23-15-22(35)16-34(23)28(38)26(29(3,4)5)33-24(36)9-7-6-8-14-30;3-2(4,5)1(6)7/h10-13,17-18,22-23,26,35H,6-9,14-16,30H2,1-5H3,(H,32,37)(H,33,36);(H,6,7). The minimum absolute atomic E-state index is 0.0488. The van der Waals surface area contributed by atoms with Gasteiger partial charge in [-0.25, -0.2) is 9.78 Å². The Balaban J connectivity index is 0.000000942. The van der Waals surface area contributed by atoms with Crippen molar-refractivity contribution in [2.45, 2.75) is 97.1 Å². The zero-order chi connectivity index (χ0) is 34.8. The first kappa shape index (κ1) is 38.6. The number of aromatic nitrogens is 1. The number of hydrogen-bond donors (Lipinski definition) is 5. The monoisotopic (exact) mass is 671 g/mol. The minimum Gasteiger partial charge on any atom is -0.475 e. The molecular formula is C31H44F3N5O6S. The molecule has 256 valence electrons. The first-order chi connectivity index (χ1) is 21.4. The van der Waals surface area contributed by atoms with Gasteiger partial charge in [-0.3, -0.25) is 14.4 Å². The third kappa shape index (κ3) is 11.4. The number of aryl methyl sites for hydroxylation is 1. The van der Waals surface area contributed by atoms with Crippen LogP contribution in [0, 0.1) is 12.3 Å². The number of alkyl halides is 3. The normalized spacial score (nSPS) is 17.8. The molecule has 0 bridgehead atoms. The van der Waals surface area contributed by atoms with Gasteiger partial charge < -0.3 is 31.5 Å². The van der Waals surface area contributed by atoms with E-state index in [1.165, 1.54) is 4.90 Å². The molecule has 1 fully saturated rings. The van der Waals surface area contributed by atoms with Gasteiger partial charge in [-0.2, -0.15) is 13.2 Å². The van der Waals surface area contributed by atoms with Crippen molar-refractivity contribution >= 4 is 35.0 Å². The number of aliphatic hydroxyl groups excluding tert-OH is 1. The van der Waals surface area contributed by atoms with Crippen LogP contribution in [0.4, 0.5) is 13.2 Å². The van der Waals surface area contributed by atoms with Crippen molar-refractivity contribution < 1.29 is 42.6 Å². The van der Waals surface area contributed by atoms with Crippen molar-refractivity contribution in [1.29, 1.82) is 0 Å². The molecule has 1 aliphatic heterocycles. The lowest BCUT2D eigenvalue weighted by Gasteiger charge is -2.35. The van der Waals surface area contributed by atoms with Crippen LogP contribution in [0.3, 0.4) is 0 Å². The summed E-state index contributed by atoms with van der Waals surface area (Å²) in [5.41, 5.74) is 9.76. The predicted molar refractivity (Wildman–Crippen MR) is 168 cm³/mol. The number of nitrogens with zero attached hydrogens (tertiary/aromatic N) is 2. The first-order valence-corrected chi connectivity index (χ1v) is 15.8. The zero-order valence-electron chi connectivity index (χ0n) is 26.7. The van der Waals surface area contributed by atoms with Gasteiger partial charge in [0.15, 0.2) is 0 Å². The fourth-order valence-corrected chi connectivity index (χ4v) is 5.67. The van der Waals surface area contributed by atoms with Crippen molar-refractivity contribution in [3.63, 3.8) is 0 Å². The van der Waals surface area contributed by atoms with E-state index < -0.39 is 35.7 Å². The lowest BCUT2D eigenvalue weighted by molar-refractivity contribution is -0.192. The predicted octanol–water partition coefficient (Wildman–Crippen LogP) is 3.94. The molecule has 1 aromatic heterocycles. The Kier molecular flexibility index (Phi) is 14.1. The molecule has 2 aromatic rings. The second-order valence-corrected chi connectivity index (χ2v) is 13.1.